The van der Waals surface area contributed by atoms with Crippen molar-refractivity contribution in [1.29, 1.82) is 0 Å². The molecule has 64 valence electrons. The van der Waals surface area contributed by atoms with Gasteiger partial charge in [-0.2, -0.15) is 0 Å². The Morgan fingerprint density at radius 2 is 2.09 bits per heavy atom. The smallest absolute Gasteiger partial charge is 0.0706 e. The fourth-order valence-electron chi connectivity index (χ4n) is 0.870. The molecule has 0 saturated carbocycles. The summed E-state index contributed by atoms with van der Waals surface area (Å²) in [4.78, 5) is 0. The van der Waals surface area contributed by atoms with Crippen LogP contribution in [0.4, 0.5) is 0 Å². The van der Waals surface area contributed by atoms with E-state index in [9.17, 15) is 0 Å². The van der Waals surface area contributed by atoms with Crippen LogP contribution >= 0.6 is 24.8 Å². The van der Waals surface area contributed by atoms with Crippen molar-refractivity contribution in [3.05, 3.63) is 11.6 Å². The topological polar surface area (TPSA) is 0 Å². The summed E-state index contributed by atoms with van der Waals surface area (Å²) in [5.74, 6) is 0.506. The van der Waals surface area contributed by atoms with Gasteiger partial charge in [0, 0.05) is 0 Å². The molecule has 0 aliphatic heterocycles. The second kappa shape index (κ2) is 5.78. The van der Waals surface area contributed by atoms with Gasteiger partial charge in [0.2, 0.25) is 0 Å². The highest BCUT2D eigenvalue weighted by Gasteiger charge is 2.04. The zero-order chi connectivity index (χ0) is 8.85. The number of hydrogen-bond acceptors (Lipinski definition) is 1. The van der Waals surface area contributed by atoms with E-state index in [1.165, 1.54) is 12.0 Å². The molecule has 0 aromatic carbocycles. The molecular weight excluding hydrogens is 172 g/mol. The predicted octanol–water partition coefficient (Wildman–Crippen LogP) is 3.63. The SMILES string of the molecule is CCC/C=C(/C(=S)S)C(C)C. The first kappa shape index (κ1) is 11.2. The molecule has 0 unspecified atom stereocenters. The summed E-state index contributed by atoms with van der Waals surface area (Å²) in [7, 11) is 0. The number of hydrogen-bond donors (Lipinski definition) is 1. The second-order valence-electron chi connectivity index (χ2n) is 2.91. The van der Waals surface area contributed by atoms with Gasteiger partial charge >= 0.3 is 0 Å². The molecule has 2 heteroatoms. The van der Waals surface area contributed by atoms with Crippen LogP contribution in [0.15, 0.2) is 11.6 Å². The highest BCUT2D eigenvalue weighted by molar-refractivity contribution is 8.11. The van der Waals surface area contributed by atoms with Crippen molar-refractivity contribution in [3.8, 4) is 0 Å². The molecule has 0 fully saturated rings. The first-order valence-electron chi connectivity index (χ1n) is 4.03. The highest BCUT2D eigenvalue weighted by Crippen LogP contribution is 2.15. The van der Waals surface area contributed by atoms with Crippen molar-refractivity contribution in [3.63, 3.8) is 0 Å². The molecule has 0 bridgehead atoms. The average Bonchev–Trinajstić information content (AvgIpc) is 1.87. The van der Waals surface area contributed by atoms with Gasteiger partial charge in [-0.3, -0.25) is 0 Å². The van der Waals surface area contributed by atoms with Crippen LogP contribution in [-0.2, 0) is 0 Å². The lowest BCUT2D eigenvalue weighted by molar-refractivity contribution is 0.795. The Labute approximate surface area is 80.5 Å². The van der Waals surface area contributed by atoms with Crippen molar-refractivity contribution in [2.24, 2.45) is 5.92 Å². The normalized spacial score (nSPS) is 12.3. The summed E-state index contributed by atoms with van der Waals surface area (Å²) in [5, 5.41) is 0. The van der Waals surface area contributed by atoms with Gasteiger partial charge in [0.25, 0.3) is 0 Å². The van der Waals surface area contributed by atoms with Gasteiger partial charge in [-0.1, -0.05) is 45.5 Å². The number of rotatable bonds is 4. The van der Waals surface area contributed by atoms with Gasteiger partial charge in [-0.25, -0.2) is 0 Å². The Hall–Kier alpha value is 0.180. The van der Waals surface area contributed by atoms with Gasteiger partial charge in [-0.05, 0) is 17.9 Å². The van der Waals surface area contributed by atoms with Crippen LogP contribution in [0.3, 0.4) is 0 Å². The molecule has 0 N–H and O–H groups in total. The Morgan fingerprint density at radius 1 is 1.55 bits per heavy atom. The summed E-state index contributed by atoms with van der Waals surface area (Å²) < 4.78 is 0.744. The molecule has 0 aromatic heterocycles. The Balaban J connectivity index is 4.21. The lowest BCUT2D eigenvalue weighted by Crippen LogP contribution is -1.99. The van der Waals surface area contributed by atoms with Crippen molar-refractivity contribution in [2.75, 3.05) is 0 Å². The van der Waals surface area contributed by atoms with Crippen molar-refractivity contribution >= 4 is 29.0 Å². The lowest BCUT2D eigenvalue weighted by atomic mass is 10.0. The molecule has 0 heterocycles. The van der Waals surface area contributed by atoms with Crippen molar-refractivity contribution < 1.29 is 0 Å². The van der Waals surface area contributed by atoms with Crippen LogP contribution in [0.5, 0.6) is 0 Å². The first-order valence-corrected chi connectivity index (χ1v) is 4.88. The highest BCUT2D eigenvalue weighted by atomic mass is 32.1. The van der Waals surface area contributed by atoms with Crippen LogP contribution in [-0.4, -0.2) is 4.20 Å². The molecular formula is C9H16S2. The van der Waals surface area contributed by atoms with Crippen LogP contribution in [0, 0.1) is 5.92 Å². The van der Waals surface area contributed by atoms with E-state index in [1.807, 2.05) is 0 Å². The molecule has 0 saturated heterocycles. The van der Waals surface area contributed by atoms with Crippen LogP contribution in [0.2, 0.25) is 0 Å². The summed E-state index contributed by atoms with van der Waals surface area (Å²) >= 11 is 9.17. The van der Waals surface area contributed by atoms with Crippen molar-refractivity contribution in [1.82, 2.24) is 0 Å². The molecule has 0 atom stereocenters. The van der Waals surface area contributed by atoms with E-state index in [2.05, 4.69) is 39.5 Å². The minimum absolute atomic E-state index is 0.506. The molecule has 0 radical (unpaired) electrons. The third kappa shape index (κ3) is 4.59. The third-order valence-electron chi connectivity index (χ3n) is 1.52. The van der Waals surface area contributed by atoms with Crippen LogP contribution < -0.4 is 0 Å². The van der Waals surface area contributed by atoms with E-state index < -0.39 is 0 Å². The standard InChI is InChI=1S/C9H16S2/c1-4-5-6-8(7(2)3)9(10)11/h6-7H,4-5H2,1-3H3,(H,10,11)/b8-6+. The molecule has 0 aromatic rings. The fourth-order valence-corrected chi connectivity index (χ4v) is 1.54. The molecule has 0 spiro atoms. The van der Waals surface area contributed by atoms with E-state index in [0.29, 0.717) is 5.92 Å². The van der Waals surface area contributed by atoms with Crippen molar-refractivity contribution in [2.45, 2.75) is 33.6 Å². The summed E-state index contributed by atoms with van der Waals surface area (Å²) in [6, 6.07) is 0. The Morgan fingerprint density at radius 3 is 2.36 bits per heavy atom. The maximum Gasteiger partial charge on any atom is 0.0706 e. The minimum Gasteiger partial charge on any atom is -0.132 e. The molecule has 0 aliphatic carbocycles. The molecule has 0 aliphatic rings. The second-order valence-corrected chi connectivity index (χ2v) is 4.07. The number of thiocarbonyl (C=S) groups is 1. The number of allylic oxidation sites excluding steroid dienone is 1. The van der Waals surface area contributed by atoms with Crippen LogP contribution in [0.25, 0.3) is 0 Å². The Kier molecular flexibility index (Phi) is 5.88. The molecule has 0 amide bonds. The van der Waals surface area contributed by atoms with Gasteiger partial charge in [0.05, 0.1) is 4.20 Å². The summed E-state index contributed by atoms with van der Waals surface area (Å²) in [6.45, 7) is 6.45. The number of thiol groups is 1. The van der Waals surface area contributed by atoms with E-state index in [0.717, 1.165) is 10.6 Å². The number of unbranched alkanes of at least 4 members (excludes halogenated alkanes) is 1. The van der Waals surface area contributed by atoms with E-state index >= 15 is 0 Å². The third-order valence-corrected chi connectivity index (χ3v) is 2.02. The van der Waals surface area contributed by atoms with Gasteiger partial charge < -0.3 is 0 Å². The maximum absolute atomic E-state index is 5.00. The van der Waals surface area contributed by atoms with Crippen LogP contribution in [0.1, 0.15) is 33.6 Å². The Bertz CT molecular complexity index is 157. The van der Waals surface area contributed by atoms with Gasteiger partial charge in [-0.15, -0.1) is 12.6 Å². The fraction of sp³-hybridized carbons (Fsp3) is 0.667. The summed E-state index contributed by atoms with van der Waals surface area (Å²) in [5.41, 5.74) is 1.21. The summed E-state index contributed by atoms with van der Waals surface area (Å²) in [6.07, 6.45) is 4.47. The predicted molar refractivity (Wildman–Crippen MR) is 59.4 cm³/mol. The zero-order valence-electron chi connectivity index (χ0n) is 7.42. The van der Waals surface area contributed by atoms with E-state index in [1.54, 1.807) is 0 Å². The zero-order valence-corrected chi connectivity index (χ0v) is 9.14. The average molecular weight is 188 g/mol. The molecule has 0 nitrogen and oxygen atoms in total. The maximum atomic E-state index is 5.00. The minimum atomic E-state index is 0.506. The van der Waals surface area contributed by atoms with Gasteiger partial charge in [0.15, 0.2) is 0 Å². The quantitative estimate of drug-likeness (QED) is 0.399. The van der Waals surface area contributed by atoms with E-state index in [4.69, 9.17) is 12.2 Å². The lowest BCUT2D eigenvalue weighted by Gasteiger charge is -2.08. The van der Waals surface area contributed by atoms with E-state index in [-0.39, 0.29) is 0 Å². The largest absolute Gasteiger partial charge is 0.132 e. The van der Waals surface area contributed by atoms with Gasteiger partial charge in [0.1, 0.15) is 0 Å². The monoisotopic (exact) mass is 188 g/mol. The first-order chi connectivity index (χ1) is 5.09. The molecule has 11 heavy (non-hydrogen) atoms. The molecule has 0 rings (SSSR count).